The maximum atomic E-state index is 7.39. The standard InChI is InChI=1S/C15H24N4/c1-18-9-3-4-14(11-18)19(2)10-12-5-7-13(8-6-12)15(16)17/h5-8,14H,3-4,9-11H2,1-2H3,(H3,16,17). The van der Waals surface area contributed by atoms with Gasteiger partial charge in [0.15, 0.2) is 0 Å². The third-order valence-electron chi connectivity index (χ3n) is 3.92. The van der Waals surface area contributed by atoms with E-state index in [4.69, 9.17) is 11.1 Å². The Balaban J connectivity index is 1.94. The number of hydrogen-bond acceptors (Lipinski definition) is 3. The summed E-state index contributed by atoms with van der Waals surface area (Å²) in [5.74, 6) is 0.133. The molecule has 0 bridgehead atoms. The van der Waals surface area contributed by atoms with Crippen molar-refractivity contribution in [2.75, 3.05) is 27.2 Å². The summed E-state index contributed by atoms with van der Waals surface area (Å²) in [5, 5.41) is 7.39. The van der Waals surface area contributed by atoms with E-state index in [2.05, 4.69) is 36.0 Å². The highest BCUT2D eigenvalue weighted by atomic mass is 15.2. The van der Waals surface area contributed by atoms with Crippen molar-refractivity contribution in [2.24, 2.45) is 5.73 Å². The van der Waals surface area contributed by atoms with Gasteiger partial charge in [0.05, 0.1) is 0 Å². The zero-order valence-corrected chi connectivity index (χ0v) is 11.9. The minimum absolute atomic E-state index is 0.133. The number of rotatable bonds is 4. The normalized spacial score (nSPS) is 20.7. The largest absolute Gasteiger partial charge is 0.384 e. The topological polar surface area (TPSA) is 56.4 Å². The molecule has 0 amide bonds. The van der Waals surface area contributed by atoms with E-state index in [1.165, 1.54) is 24.9 Å². The van der Waals surface area contributed by atoms with Crippen LogP contribution in [0.1, 0.15) is 24.0 Å². The predicted molar refractivity (Wildman–Crippen MR) is 79.4 cm³/mol. The molecule has 1 aliphatic rings. The van der Waals surface area contributed by atoms with Gasteiger partial charge in [-0.1, -0.05) is 24.3 Å². The molecule has 1 aromatic rings. The van der Waals surface area contributed by atoms with Gasteiger partial charge in [-0.15, -0.1) is 0 Å². The summed E-state index contributed by atoms with van der Waals surface area (Å²) in [4.78, 5) is 4.84. The molecule has 3 N–H and O–H groups in total. The van der Waals surface area contributed by atoms with Gasteiger partial charge in [0, 0.05) is 24.7 Å². The number of benzene rings is 1. The van der Waals surface area contributed by atoms with E-state index in [1.807, 2.05) is 12.1 Å². The Kier molecular flexibility index (Phi) is 4.56. The van der Waals surface area contributed by atoms with E-state index >= 15 is 0 Å². The van der Waals surface area contributed by atoms with Gasteiger partial charge in [0.25, 0.3) is 0 Å². The van der Waals surface area contributed by atoms with Crippen molar-refractivity contribution in [3.8, 4) is 0 Å². The van der Waals surface area contributed by atoms with Gasteiger partial charge < -0.3 is 10.6 Å². The zero-order valence-electron chi connectivity index (χ0n) is 11.9. The molecule has 0 saturated carbocycles. The van der Waals surface area contributed by atoms with Crippen LogP contribution >= 0.6 is 0 Å². The summed E-state index contributed by atoms with van der Waals surface area (Å²) in [7, 11) is 4.39. The Hall–Kier alpha value is -1.39. The SMILES string of the molecule is CN1CCCC(N(C)Cc2ccc(C(=N)N)cc2)C1. The van der Waals surface area contributed by atoms with Crippen molar-refractivity contribution in [3.05, 3.63) is 35.4 Å². The summed E-state index contributed by atoms with van der Waals surface area (Å²) in [6, 6.07) is 8.64. The van der Waals surface area contributed by atoms with Gasteiger partial charge in [0.2, 0.25) is 0 Å². The average molecular weight is 260 g/mol. The van der Waals surface area contributed by atoms with Crippen molar-refractivity contribution in [3.63, 3.8) is 0 Å². The summed E-state index contributed by atoms with van der Waals surface area (Å²) in [6.45, 7) is 3.33. The summed E-state index contributed by atoms with van der Waals surface area (Å²) >= 11 is 0. The molecule has 0 aliphatic carbocycles. The Morgan fingerprint density at radius 2 is 2.11 bits per heavy atom. The zero-order chi connectivity index (χ0) is 13.8. The molecule has 4 nitrogen and oxygen atoms in total. The van der Waals surface area contributed by atoms with Crippen LogP contribution in [0.5, 0.6) is 0 Å². The predicted octanol–water partition coefficient (Wildman–Crippen LogP) is 1.50. The van der Waals surface area contributed by atoms with Crippen LogP contribution in [-0.2, 0) is 6.54 Å². The molecule has 1 fully saturated rings. The van der Waals surface area contributed by atoms with E-state index in [-0.39, 0.29) is 5.84 Å². The number of nitrogens with two attached hydrogens (primary N) is 1. The number of nitrogens with one attached hydrogen (secondary N) is 1. The maximum absolute atomic E-state index is 7.39. The minimum atomic E-state index is 0.133. The number of likely N-dealkylation sites (tertiary alicyclic amines) is 1. The first-order valence-corrected chi connectivity index (χ1v) is 6.88. The van der Waals surface area contributed by atoms with Gasteiger partial charge in [0.1, 0.15) is 5.84 Å². The summed E-state index contributed by atoms with van der Waals surface area (Å²) in [5.41, 5.74) is 7.54. The van der Waals surface area contributed by atoms with Crippen LogP contribution in [0.15, 0.2) is 24.3 Å². The van der Waals surface area contributed by atoms with E-state index in [0.717, 1.165) is 18.7 Å². The van der Waals surface area contributed by atoms with Crippen LogP contribution in [0.4, 0.5) is 0 Å². The highest BCUT2D eigenvalue weighted by Gasteiger charge is 2.20. The quantitative estimate of drug-likeness (QED) is 0.637. The number of nitrogen functional groups attached to an aromatic ring is 1. The average Bonchev–Trinajstić information content (AvgIpc) is 2.39. The second-order valence-electron chi connectivity index (χ2n) is 5.58. The van der Waals surface area contributed by atoms with Gasteiger partial charge in [-0.3, -0.25) is 10.3 Å². The van der Waals surface area contributed by atoms with Crippen molar-refractivity contribution in [1.29, 1.82) is 5.41 Å². The Bertz CT molecular complexity index is 426. The highest BCUT2D eigenvalue weighted by Crippen LogP contribution is 2.16. The lowest BCUT2D eigenvalue weighted by Gasteiger charge is -2.35. The lowest BCUT2D eigenvalue weighted by molar-refractivity contribution is 0.129. The smallest absolute Gasteiger partial charge is 0.122 e. The molecule has 19 heavy (non-hydrogen) atoms. The molecule has 104 valence electrons. The first kappa shape index (κ1) is 14.0. The van der Waals surface area contributed by atoms with Crippen molar-refractivity contribution >= 4 is 5.84 Å². The maximum Gasteiger partial charge on any atom is 0.122 e. The lowest BCUT2D eigenvalue weighted by atomic mass is 10.0. The number of piperidine rings is 1. The van der Waals surface area contributed by atoms with Crippen LogP contribution < -0.4 is 5.73 Å². The Morgan fingerprint density at radius 1 is 1.42 bits per heavy atom. The van der Waals surface area contributed by atoms with Gasteiger partial charge >= 0.3 is 0 Å². The van der Waals surface area contributed by atoms with Crippen molar-refractivity contribution in [2.45, 2.75) is 25.4 Å². The third-order valence-corrected chi connectivity index (χ3v) is 3.92. The van der Waals surface area contributed by atoms with E-state index in [9.17, 15) is 0 Å². The second-order valence-corrected chi connectivity index (χ2v) is 5.58. The first-order chi connectivity index (χ1) is 9.06. The van der Waals surface area contributed by atoms with Gasteiger partial charge in [-0.05, 0) is 39.0 Å². The lowest BCUT2D eigenvalue weighted by Crippen LogP contribution is -2.44. The monoisotopic (exact) mass is 260 g/mol. The molecule has 1 aliphatic heterocycles. The molecule has 4 heteroatoms. The number of hydrogen-bond donors (Lipinski definition) is 2. The van der Waals surface area contributed by atoms with Crippen LogP contribution in [0.2, 0.25) is 0 Å². The molecule has 1 saturated heterocycles. The van der Waals surface area contributed by atoms with Crippen LogP contribution in [0.25, 0.3) is 0 Å². The molecule has 1 unspecified atom stereocenters. The van der Waals surface area contributed by atoms with E-state index < -0.39 is 0 Å². The molecule has 0 radical (unpaired) electrons. The minimum Gasteiger partial charge on any atom is -0.384 e. The Morgan fingerprint density at radius 3 is 2.68 bits per heavy atom. The third kappa shape index (κ3) is 3.78. The molecule has 1 atom stereocenters. The van der Waals surface area contributed by atoms with Crippen molar-refractivity contribution in [1.82, 2.24) is 9.80 Å². The molecule has 0 aromatic heterocycles. The first-order valence-electron chi connectivity index (χ1n) is 6.88. The summed E-state index contributed by atoms with van der Waals surface area (Å²) < 4.78 is 0. The van der Waals surface area contributed by atoms with Crippen LogP contribution in [0.3, 0.4) is 0 Å². The van der Waals surface area contributed by atoms with E-state index in [0.29, 0.717) is 6.04 Å². The fourth-order valence-corrected chi connectivity index (χ4v) is 2.71. The summed E-state index contributed by atoms with van der Waals surface area (Å²) in [6.07, 6.45) is 2.57. The van der Waals surface area contributed by atoms with Crippen LogP contribution in [0, 0.1) is 5.41 Å². The number of amidine groups is 1. The van der Waals surface area contributed by atoms with Crippen molar-refractivity contribution < 1.29 is 0 Å². The highest BCUT2D eigenvalue weighted by molar-refractivity contribution is 5.94. The van der Waals surface area contributed by atoms with Crippen LogP contribution in [-0.4, -0.2) is 48.9 Å². The van der Waals surface area contributed by atoms with Gasteiger partial charge in [-0.25, -0.2) is 0 Å². The van der Waals surface area contributed by atoms with Gasteiger partial charge in [-0.2, -0.15) is 0 Å². The molecule has 0 spiro atoms. The number of nitrogens with zero attached hydrogens (tertiary/aromatic N) is 2. The molecule has 2 rings (SSSR count). The molecular formula is C15H24N4. The van der Waals surface area contributed by atoms with E-state index in [1.54, 1.807) is 0 Å². The molecule has 1 aromatic carbocycles. The fraction of sp³-hybridized carbons (Fsp3) is 0.533. The second kappa shape index (κ2) is 6.17. The fourth-order valence-electron chi connectivity index (χ4n) is 2.71. The molecular weight excluding hydrogens is 236 g/mol. The number of likely N-dealkylation sites (N-methyl/N-ethyl adjacent to an activating group) is 2. The molecule has 1 heterocycles. The Labute approximate surface area is 115 Å².